The molecular formula is C18H36N2O2. The molecule has 4 heteroatoms. The van der Waals surface area contributed by atoms with E-state index in [0.29, 0.717) is 18.6 Å². The summed E-state index contributed by atoms with van der Waals surface area (Å²) in [5.74, 6) is 0.374. The minimum Gasteiger partial charge on any atom is -0.393 e. The smallest absolute Gasteiger partial charge is 0.136 e. The minimum absolute atomic E-state index is 0.0150. The highest BCUT2D eigenvalue weighted by Crippen LogP contribution is 2.28. The molecule has 0 radical (unpaired) electrons. The van der Waals surface area contributed by atoms with E-state index in [9.17, 15) is 9.90 Å². The number of Topliss-reactive ketones (excluding diaryl/α,β-unsaturated/α-hetero) is 1. The van der Waals surface area contributed by atoms with E-state index < -0.39 is 0 Å². The molecule has 0 atom stereocenters. The van der Waals surface area contributed by atoms with E-state index in [2.05, 4.69) is 66.0 Å². The second-order valence-electron chi connectivity index (χ2n) is 9.74. The molecular weight excluding hydrogens is 276 g/mol. The van der Waals surface area contributed by atoms with Crippen molar-refractivity contribution in [2.45, 2.75) is 109 Å². The summed E-state index contributed by atoms with van der Waals surface area (Å²) in [7, 11) is 0. The quantitative estimate of drug-likeness (QED) is 0.644. The van der Waals surface area contributed by atoms with Gasteiger partial charge in [-0.2, -0.15) is 0 Å². The summed E-state index contributed by atoms with van der Waals surface area (Å²) in [6, 6.07) is 0. The molecule has 2 fully saturated rings. The molecule has 0 aromatic carbocycles. The van der Waals surface area contributed by atoms with Gasteiger partial charge in [0.15, 0.2) is 0 Å². The molecule has 22 heavy (non-hydrogen) atoms. The zero-order valence-corrected chi connectivity index (χ0v) is 15.8. The standard InChI is InChI=1S/C9H19NO.C9H17NO/c2*1-8(2)5-7(11)6-9(3,4)10-8/h7,10-11H,5-6H2,1-4H3;10H,5-6H2,1-4H3. The van der Waals surface area contributed by atoms with Crippen LogP contribution in [0.1, 0.15) is 81.1 Å². The van der Waals surface area contributed by atoms with Gasteiger partial charge in [0.1, 0.15) is 5.78 Å². The van der Waals surface area contributed by atoms with Crippen LogP contribution in [0.5, 0.6) is 0 Å². The van der Waals surface area contributed by atoms with Crippen molar-refractivity contribution in [3.05, 3.63) is 0 Å². The van der Waals surface area contributed by atoms with Crippen LogP contribution in [0, 0.1) is 0 Å². The molecule has 0 spiro atoms. The molecule has 0 aromatic heterocycles. The first-order valence-electron chi connectivity index (χ1n) is 8.40. The Morgan fingerprint density at radius 1 is 0.773 bits per heavy atom. The lowest BCUT2D eigenvalue weighted by Gasteiger charge is -2.44. The van der Waals surface area contributed by atoms with Crippen molar-refractivity contribution in [3.63, 3.8) is 0 Å². The predicted octanol–water partition coefficient (Wildman–Crippen LogP) is 2.78. The highest BCUT2D eigenvalue weighted by atomic mass is 16.3. The molecule has 0 amide bonds. The van der Waals surface area contributed by atoms with Crippen LogP contribution < -0.4 is 10.6 Å². The third-order valence-electron chi connectivity index (χ3n) is 4.12. The molecule has 4 nitrogen and oxygen atoms in total. The number of aliphatic hydroxyl groups is 1. The van der Waals surface area contributed by atoms with Gasteiger partial charge >= 0.3 is 0 Å². The van der Waals surface area contributed by atoms with Gasteiger partial charge in [-0.25, -0.2) is 0 Å². The average Bonchev–Trinajstić information content (AvgIpc) is 2.03. The Kier molecular flexibility index (Phi) is 5.54. The van der Waals surface area contributed by atoms with Crippen molar-refractivity contribution in [1.29, 1.82) is 0 Å². The molecule has 2 rings (SSSR count). The topological polar surface area (TPSA) is 61.4 Å². The molecule has 2 aliphatic heterocycles. The van der Waals surface area contributed by atoms with Crippen molar-refractivity contribution >= 4 is 5.78 Å². The maximum atomic E-state index is 11.3. The molecule has 130 valence electrons. The highest BCUT2D eigenvalue weighted by molar-refractivity contribution is 5.81. The summed E-state index contributed by atoms with van der Waals surface area (Å²) in [6.45, 7) is 16.8. The van der Waals surface area contributed by atoms with Crippen LogP contribution in [0.3, 0.4) is 0 Å². The fraction of sp³-hybridized carbons (Fsp3) is 0.944. The molecule has 2 saturated heterocycles. The second-order valence-corrected chi connectivity index (χ2v) is 9.74. The normalized spacial score (nSPS) is 29.4. The summed E-state index contributed by atoms with van der Waals surface area (Å²) in [5.41, 5.74) is 0.139. The van der Waals surface area contributed by atoms with E-state index in [1.165, 1.54) is 0 Å². The fourth-order valence-electron chi connectivity index (χ4n) is 4.32. The van der Waals surface area contributed by atoms with Gasteiger partial charge in [-0.3, -0.25) is 4.79 Å². The van der Waals surface area contributed by atoms with Gasteiger partial charge in [-0.05, 0) is 68.2 Å². The Morgan fingerprint density at radius 3 is 1.36 bits per heavy atom. The monoisotopic (exact) mass is 312 g/mol. The first kappa shape index (κ1) is 19.6. The van der Waals surface area contributed by atoms with Crippen LogP contribution in [0.4, 0.5) is 0 Å². The molecule has 2 aliphatic rings. The highest BCUT2D eigenvalue weighted by Gasteiger charge is 2.37. The van der Waals surface area contributed by atoms with E-state index in [4.69, 9.17) is 0 Å². The lowest BCUT2D eigenvalue weighted by molar-refractivity contribution is -0.124. The number of carbonyl (C=O) groups is 1. The first-order chi connectivity index (χ1) is 9.62. The van der Waals surface area contributed by atoms with Gasteiger partial charge in [0.2, 0.25) is 0 Å². The minimum atomic E-state index is -0.138. The summed E-state index contributed by atoms with van der Waals surface area (Å²) < 4.78 is 0. The van der Waals surface area contributed by atoms with E-state index in [0.717, 1.165) is 12.8 Å². The SMILES string of the molecule is CC1(C)CC(=O)CC(C)(C)N1.CC1(C)CC(O)CC(C)(C)N1. The number of ketones is 1. The zero-order chi connectivity index (χ0) is 17.4. The summed E-state index contributed by atoms with van der Waals surface area (Å²) in [6.07, 6.45) is 2.90. The second kappa shape index (κ2) is 6.21. The van der Waals surface area contributed by atoms with Crippen LogP contribution >= 0.6 is 0 Å². The first-order valence-corrected chi connectivity index (χ1v) is 8.40. The van der Waals surface area contributed by atoms with Gasteiger partial charge in [0, 0.05) is 35.0 Å². The van der Waals surface area contributed by atoms with Gasteiger partial charge in [-0.1, -0.05) is 0 Å². The Balaban J connectivity index is 0.000000220. The van der Waals surface area contributed by atoms with Gasteiger partial charge in [-0.15, -0.1) is 0 Å². The third-order valence-corrected chi connectivity index (χ3v) is 4.12. The fourth-order valence-corrected chi connectivity index (χ4v) is 4.32. The van der Waals surface area contributed by atoms with Crippen molar-refractivity contribution in [2.75, 3.05) is 0 Å². The molecule has 0 aromatic rings. The van der Waals surface area contributed by atoms with Crippen molar-refractivity contribution in [3.8, 4) is 0 Å². The number of piperidine rings is 2. The van der Waals surface area contributed by atoms with Crippen LogP contribution in [-0.2, 0) is 4.79 Å². The lowest BCUT2D eigenvalue weighted by atomic mass is 9.81. The predicted molar refractivity (Wildman–Crippen MR) is 92.1 cm³/mol. The number of rotatable bonds is 0. The number of nitrogens with one attached hydrogen (secondary N) is 2. The average molecular weight is 312 g/mol. The molecule has 0 unspecified atom stereocenters. The molecule has 3 N–H and O–H groups in total. The Bertz CT molecular complexity index is 377. The number of carbonyl (C=O) groups excluding carboxylic acids is 1. The van der Waals surface area contributed by atoms with E-state index in [1.807, 2.05) is 0 Å². The maximum absolute atomic E-state index is 11.3. The Morgan fingerprint density at radius 2 is 1.09 bits per heavy atom. The van der Waals surface area contributed by atoms with Crippen molar-refractivity contribution < 1.29 is 9.90 Å². The van der Waals surface area contributed by atoms with Gasteiger partial charge in [0.05, 0.1) is 6.10 Å². The Hall–Kier alpha value is -0.450. The van der Waals surface area contributed by atoms with E-state index in [1.54, 1.807) is 0 Å². The molecule has 0 bridgehead atoms. The van der Waals surface area contributed by atoms with Crippen LogP contribution in [0.15, 0.2) is 0 Å². The number of aliphatic hydroxyl groups excluding tert-OH is 1. The summed E-state index contributed by atoms with van der Waals surface area (Å²) in [5, 5.41) is 16.5. The van der Waals surface area contributed by atoms with Gasteiger partial charge < -0.3 is 15.7 Å². The third kappa shape index (κ3) is 6.76. The Labute approximate surface area is 136 Å². The maximum Gasteiger partial charge on any atom is 0.136 e. The van der Waals surface area contributed by atoms with E-state index >= 15 is 0 Å². The zero-order valence-electron chi connectivity index (χ0n) is 15.8. The largest absolute Gasteiger partial charge is 0.393 e. The summed E-state index contributed by atoms with van der Waals surface area (Å²) in [4.78, 5) is 11.3. The van der Waals surface area contributed by atoms with E-state index in [-0.39, 0.29) is 28.3 Å². The van der Waals surface area contributed by atoms with Crippen molar-refractivity contribution in [2.24, 2.45) is 0 Å². The van der Waals surface area contributed by atoms with Crippen LogP contribution in [0.2, 0.25) is 0 Å². The lowest BCUT2D eigenvalue weighted by Crippen LogP contribution is -2.59. The van der Waals surface area contributed by atoms with Crippen LogP contribution in [-0.4, -0.2) is 39.1 Å². The number of hydrogen-bond acceptors (Lipinski definition) is 4. The summed E-state index contributed by atoms with van der Waals surface area (Å²) >= 11 is 0. The van der Waals surface area contributed by atoms with Crippen LogP contribution in [0.25, 0.3) is 0 Å². The molecule has 2 heterocycles. The number of hydrogen-bond donors (Lipinski definition) is 3. The van der Waals surface area contributed by atoms with Crippen molar-refractivity contribution in [1.82, 2.24) is 10.6 Å². The molecule has 0 saturated carbocycles. The van der Waals surface area contributed by atoms with Gasteiger partial charge in [0.25, 0.3) is 0 Å². The molecule has 0 aliphatic carbocycles.